The van der Waals surface area contributed by atoms with Crippen molar-refractivity contribution in [2.45, 2.75) is 51.0 Å². The lowest BCUT2D eigenvalue weighted by Crippen LogP contribution is -2.41. The lowest BCUT2D eigenvalue weighted by atomic mass is 9.95. The van der Waals surface area contributed by atoms with Crippen molar-refractivity contribution in [3.8, 4) is 0 Å². The molecule has 100 valence electrons. The average molecular weight is 258 g/mol. The van der Waals surface area contributed by atoms with Crippen LogP contribution in [0.15, 0.2) is 0 Å². The molecule has 0 aromatic heterocycles. The topological polar surface area (TPSA) is 41.1 Å². The van der Waals surface area contributed by atoms with Gasteiger partial charge in [0.2, 0.25) is 5.91 Å². The van der Waals surface area contributed by atoms with Crippen LogP contribution >= 0.6 is 11.8 Å². The lowest BCUT2D eigenvalue weighted by Gasteiger charge is -2.22. The normalized spacial score (nSPS) is 17.0. The number of carbonyl (C=O) groups is 1. The van der Waals surface area contributed by atoms with E-state index < -0.39 is 0 Å². The number of carbonyl (C=O) groups excluding carboxylic acids is 1. The van der Waals surface area contributed by atoms with Gasteiger partial charge in [-0.3, -0.25) is 4.79 Å². The molecule has 1 saturated carbocycles. The molecule has 17 heavy (non-hydrogen) atoms. The van der Waals surface area contributed by atoms with Crippen molar-refractivity contribution in [3.63, 3.8) is 0 Å². The van der Waals surface area contributed by atoms with Crippen molar-refractivity contribution < 1.29 is 4.79 Å². The quantitative estimate of drug-likeness (QED) is 0.656. The molecule has 0 aliphatic heterocycles. The molecule has 1 aliphatic carbocycles. The number of hydrogen-bond acceptors (Lipinski definition) is 3. The highest BCUT2D eigenvalue weighted by Crippen LogP contribution is 2.16. The number of unbranched alkanes of at least 4 members (excludes halogenated alkanes) is 1. The van der Waals surface area contributed by atoms with Gasteiger partial charge in [0.15, 0.2) is 0 Å². The van der Waals surface area contributed by atoms with E-state index in [0.29, 0.717) is 12.6 Å². The van der Waals surface area contributed by atoms with Gasteiger partial charge in [-0.2, -0.15) is 11.8 Å². The molecule has 0 saturated heterocycles. The van der Waals surface area contributed by atoms with Gasteiger partial charge in [0.25, 0.3) is 0 Å². The van der Waals surface area contributed by atoms with Crippen LogP contribution in [0, 0.1) is 0 Å². The fourth-order valence-corrected chi connectivity index (χ4v) is 2.72. The Bertz CT molecular complexity index is 206. The van der Waals surface area contributed by atoms with Gasteiger partial charge in [-0.25, -0.2) is 0 Å². The third-order valence-electron chi connectivity index (χ3n) is 3.21. The Labute approximate surface area is 109 Å². The fourth-order valence-electron chi connectivity index (χ4n) is 2.22. The molecule has 0 bridgehead atoms. The zero-order valence-electron chi connectivity index (χ0n) is 11.0. The van der Waals surface area contributed by atoms with Crippen LogP contribution in [0.1, 0.15) is 44.9 Å². The van der Waals surface area contributed by atoms with Crippen LogP contribution in [0.4, 0.5) is 0 Å². The molecule has 0 aromatic rings. The predicted octanol–water partition coefficient (Wildman–Crippen LogP) is 2.17. The van der Waals surface area contributed by atoms with Crippen LogP contribution in [-0.2, 0) is 4.79 Å². The number of rotatable bonds is 8. The highest BCUT2D eigenvalue weighted by atomic mass is 32.2. The molecule has 0 aromatic carbocycles. The van der Waals surface area contributed by atoms with Crippen molar-refractivity contribution in [1.29, 1.82) is 0 Å². The molecule has 0 atom stereocenters. The first-order valence-electron chi connectivity index (χ1n) is 6.82. The van der Waals surface area contributed by atoms with E-state index in [2.05, 4.69) is 16.9 Å². The van der Waals surface area contributed by atoms with Crippen molar-refractivity contribution in [2.24, 2.45) is 0 Å². The van der Waals surface area contributed by atoms with Gasteiger partial charge in [-0.15, -0.1) is 0 Å². The molecule has 0 radical (unpaired) electrons. The second kappa shape index (κ2) is 9.77. The van der Waals surface area contributed by atoms with E-state index in [-0.39, 0.29) is 5.91 Å². The second-order valence-corrected chi connectivity index (χ2v) is 5.76. The van der Waals surface area contributed by atoms with E-state index in [0.717, 1.165) is 13.0 Å². The summed E-state index contributed by atoms with van der Waals surface area (Å²) in [5, 5.41) is 6.33. The Kier molecular flexibility index (Phi) is 8.53. The number of thioether (sulfide) groups is 1. The van der Waals surface area contributed by atoms with Gasteiger partial charge >= 0.3 is 0 Å². The molecule has 4 heteroatoms. The lowest BCUT2D eigenvalue weighted by molar-refractivity contribution is -0.121. The molecule has 0 unspecified atom stereocenters. The summed E-state index contributed by atoms with van der Waals surface area (Å²) in [4.78, 5) is 11.6. The fraction of sp³-hybridized carbons (Fsp3) is 0.923. The third kappa shape index (κ3) is 7.66. The Hall–Kier alpha value is -0.220. The van der Waals surface area contributed by atoms with E-state index in [1.165, 1.54) is 44.3 Å². The molecular weight excluding hydrogens is 232 g/mol. The first-order valence-corrected chi connectivity index (χ1v) is 8.21. The van der Waals surface area contributed by atoms with Crippen molar-refractivity contribution >= 4 is 17.7 Å². The number of hydrogen-bond donors (Lipinski definition) is 2. The summed E-state index contributed by atoms with van der Waals surface area (Å²) < 4.78 is 0. The summed E-state index contributed by atoms with van der Waals surface area (Å²) in [6.07, 6.45) is 10.7. The summed E-state index contributed by atoms with van der Waals surface area (Å²) in [5.41, 5.74) is 0. The molecule has 0 spiro atoms. The van der Waals surface area contributed by atoms with Crippen molar-refractivity contribution in [3.05, 3.63) is 0 Å². The van der Waals surface area contributed by atoms with E-state index in [9.17, 15) is 4.79 Å². The standard InChI is InChI=1S/C13H26N2OS/c1-17-10-6-5-9-14-11-13(16)15-12-7-3-2-4-8-12/h12,14H,2-11H2,1H3,(H,15,16). The molecule has 1 fully saturated rings. The van der Waals surface area contributed by atoms with Gasteiger partial charge in [0.05, 0.1) is 6.54 Å². The summed E-state index contributed by atoms with van der Waals surface area (Å²) >= 11 is 1.88. The number of amides is 1. The maximum Gasteiger partial charge on any atom is 0.234 e. The van der Waals surface area contributed by atoms with Gasteiger partial charge in [0, 0.05) is 6.04 Å². The van der Waals surface area contributed by atoms with Gasteiger partial charge < -0.3 is 10.6 Å². The monoisotopic (exact) mass is 258 g/mol. The van der Waals surface area contributed by atoms with Gasteiger partial charge in [-0.1, -0.05) is 19.3 Å². The summed E-state index contributed by atoms with van der Waals surface area (Å²) in [7, 11) is 0. The molecule has 1 aliphatic rings. The smallest absolute Gasteiger partial charge is 0.234 e. The van der Waals surface area contributed by atoms with Crippen LogP contribution in [0.5, 0.6) is 0 Å². The molecule has 2 N–H and O–H groups in total. The Morgan fingerprint density at radius 3 is 2.71 bits per heavy atom. The van der Waals surface area contributed by atoms with E-state index in [1.54, 1.807) is 0 Å². The Morgan fingerprint density at radius 2 is 2.00 bits per heavy atom. The summed E-state index contributed by atoms with van der Waals surface area (Å²) in [6, 6.07) is 0.439. The maximum atomic E-state index is 11.6. The maximum absolute atomic E-state index is 11.6. The van der Waals surface area contributed by atoms with E-state index in [4.69, 9.17) is 0 Å². The van der Waals surface area contributed by atoms with Crippen LogP contribution in [-0.4, -0.2) is 37.0 Å². The highest BCUT2D eigenvalue weighted by Gasteiger charge is 2.14. The van der Waals surface area contributed by atoms with Crippen molar-refractivity contribution in [1.82, 2.24) is 10.6 Å². The van der Waals surface area contributed by atoms with Crippen LogP contribution in [0.2, 0.25) is 0 Å². The molecular formula is C13H26N2OS. The zero-order chi connectivity index (χ0) is 12.3. The minimum atomic E-state index is 0.168. The summed E-state index contributed by atoms with van der Waals surface area (Å²) in [6.45, 7) is 1.44. The molecule has 1 amide bonds. The number of nitrogens with one attached hydrogen (secondary N) is 2. The summed E-state index contributed by atoms with van der Waals surface area (Å²) in [5.74, 6) is 1.39. The predicted molar refractivity (Wildman–Crippen MR) is 75.5 cm³/mol. The first kappa shape index (κ1) is 14.8. The minimum Gasteiger partial charge on any atom is -0.352 e. The Balaban J connectivity index is 1.93. The first-order chi connectivity index (χ1) is 8.33. The third-order valence-corrected chi connectivity index (χ3v) is 3.90. The minimum absolute atomic E-state index is 0.168. The van der Waals surface area contributed by atoms with Gasteiger partial charge in [-0.05, 0) is 44.2 Å². The second-order valence-electron chi connectivity index (χ2n) is 4.78. The van der Waals surface area contributed by atoms with Crippen LogP contribution in [0.25, 0.3) is 0 Å². The van der Waals surface area contributed by atoms with Crippen LogP contribution < -0.4 is 10.6 Å². The molecule has 0 heterocycles. The Morgan fingerprint density at radius 1 is 1.24 bits per heavy atom. The van der Waals surface area contributed by atoms with Crippen LogP contribution in [0.3, 0.4) is 0 Å². The van der Waals surface area contributed by atoms with E-state index in [1.807, 2.05) is 11.8 Å². The highest BCUT2D eigenvalue weighted by molar-refractivity contribution is 7.98. The van der Waals surface area contributed by atoms with E-state index >= 15 is 0 Å². The zero-order valence-corrected chi connectivity index (χ0v) is 11.8. The average Bonchev–Trinajstić information content (AvgIpc) is 2.35. The molecule has 1 rings (SSSR count). The van der Waals surface area contributed by atoms with Gasteiger partial charge in [0.1, 0.15) is 0 Å². The molecule has 3 nitrogen and oxygen atoms in total. The van der Waals surface area contributed by atoms with Crippen molar-refractivity contribution in [2.75, 3.05) is 25.1 Å². The largest absolute Gasteiger partial charge is 0.352 e. The SMILES string of the molecule is CSCCCCNCC(=O)NC1CCCCC1.